The van der Waals surface area contributed by atoms with E-state index in [1.54, 1.807) is 0 Å². The number of halogens is 2. The number of piperidine rings is 1. The molecule has 0 spiro atoms. The molecule has 2 rings (SSSR count). The van der Waals surface area contributed by atoms with Crippen molar-refractivity contribution in [3.8, 4) is 0 Å². The maximum Gasteiger partial charge on any atom is 0.125 e. The summed E-state index contributed by atoms with van der Waals surface area (Å²) in [6.45, 7) is 7.60. The fraction of sp³-hybridized carbons (Fsp3) is 0.625. The standard InChI is InChI=1S/C16H24ClFN2/c1-13-3-7-20(8-4-13)6-2-5-19-12-14-9-15(17)11-16(18)10-14/h9-11,13,19H,2-8,12H2,1H3. The van der Waals surface area contributed by atoms with Crippen LogP contribution in [-0.4, -0.2) is 31.1 Å². The van der Waals surface area contributed by atoms with Crippen molar-refractivity contribution in [3.05, 3.63) is 34.6 Å². The molecule has 1 aromatic carbocycles. The second-order valence-corrected chi connectivity index (χ2v) is 6.27. The fourth-order valence-electron chi connectivity index (χ4n) is 2.66. The normalized spacial score (nSPS) is 17.6. The van der Waals surface area contributed by atoms with Gasteiger partial charge in [0.2, 0.25) is 0 Å². The highest BCUT2D eigenvalue weighted by molar-refractivity contribution is 6.30. The molecule has 2 nitrogen and oxygen atoms in total. The zero-order chi connectivity index (χ0) is 14.4. The first-order valence-corrected chi connectivity index (χ1v) is 7.89. The molecule has 1 aliphatic heterocycles. The van der Waals surface area contributed by atoms with Gasteiger partial charge in [-0.05, 0) is 75.1 Å². The van der Waals surface area contributed by atoms with E-state index in [1.807, 2.05) is 6.07 Å². The Labute approximate surface area is 126 Å². The quantitative estimate of drug-likeness (QED) is 0.806. The Balaban J connectivity index is 1.59. The molecule has 0 bridgehead atoms. The van der Waals surface area contributed by atoms with Gasteiger partial charge in [-0.25, -0.2) is 4.39 Å². The van der Waals surface area contributed by atoms with Crippen LogP contribution in [0.2, 0.25) is 5.02 Å². The molecule has 0 unspecified atom stereocenters. The van der Waals surface area contributed by atoms with Crippen LogP contribution in [0.15, 0.2) is 18.2 Å². The Morgan fingerprint density at radius 1 is 1.30 bits per heavy atom. The lowest BCUT2D eigenvalue weighted by Gasteiger charge is -2.30. The molecule has 0 aromatic heterocycles. The molecule has 1 fully saturated rings. The van der Waals surface area contributed by atoms with Gasteiger partial charge in [0.15, 0.2) is 0 Å². The molecule has 1 saturated heterocycles. The lowest BCUT2D eigenvalue weighted by Crippen LogP contribution is -2.34. The summed E-state index contributed by atoms with van der Waals surface area (Å²) in [4.78, 5) is 2.54. The topological polar surface area (TPSA) is 15.3 Å². The van der Waals surface area contributed by atoms with Crippen molar-refractivity contribution in [1.29, 1.82) is 0 Å². The monoisotopic (exact) mass is 298 g/mol. The molecule has 0 saturated carbocycles. The van der Waals surface area contributed by atoms with Crippen molar-refractivity contribution in [2.45, 2.75) is 32.7 Å². The fourth-order valence-corrected chi connectivity index (χ4v) is 2.90. The molecule has 1 N–H and O–H groups in total. The first kappa shape index (κ1) is 15.7. The van der Waals surface area contributed by atoms with E-state index in [0.29, 0.717) is 11.6 Å². The van der Waals surface area contributed by atoms with Crippen molar-refractivity contribution >= 4 is 11.6 Å². The number of hydrogen-bond acceptors (Lipinski definition) is 2. The summed E-state index contributed by atoms with van der Waals surface area (Å²) in [5.74, 6) is 0.624. The third-order valence-corrected chi connectivity index (χ3v) is 4.17. The summed E-state index contributed by atoms with van der Waals surface area (Å²) in [6.07, 6.45) is 3.79. The van der Waals surface area contributed by atoms with Crippen LogP contribution in [0.25, 0.3) is 0 Å². The lowest BCUT2D eigenvalue weighted by molar-refractivity contribution is 0.190. The Hall–Kier alpha value is -0.640. The third kappa shape index (κ3) is 5.39. The first-order chi connectivity index (χ1) is 9.63. The smallest absolute Gasteiger partial charge is 0.125 e. The van der Waals surface area contributed by atoms with Crippen LogP contribution >= 0.6 is 11.6 Å². The summed E-state index contributed by atoms with van der Waals surface area (Å²) in [7, 11) is 0. The SMILES string of the molecule is CC1CCN(CCCNCc2cc(F)cc(Cl)c2)CC1. The van der Waals surface area contributed by atoms with Crippen LogP contribution in [0.1, 0.15) is 31.7 Å². The second kappa shape index (κ2) is 7.96. The zero-order valence-corrected chi connectivity index (χ0v) is 12.9. The van der Waals surface area contributed by atoms with Crippen LogP contribution in [0.3, 0.4) is 0 Å². The molecule has 1 heterocycles. The minimum absolute atomic E-state index is 0.267. The molecule has 0 radical (unpaired) electrons. The highest BCUT2D eigenvalue weighted by Crippen LogP contribution is 2.16. The molecule has 4 heteroatoms. The Morgan fingerprint density at radius 2 is 2.05 bits per heavy atom. The molecule has 112 valence electrons. The van der Waals surface area contributed by atoms with E-state index in [9.17, 15) is 4.39 Å². The van der Waals surface area contributed by atoms with Gasteiger partial charge in [-0.1, -0.05) is 18.5 Å². The summed E-state index contributed by atoms with van der Waals surface area (Å²) >= 11 is 5.83. The van der Waals surface area contributed by atoms with Crippen LogP contribution in [0.5, 0.6) is 0 Å². The summed E-state index contributed by atoms with van der Waals surface area (Å²) in [6, 6.07) is 4.68. The van der Waals surface area contributed by atoms with Gasteiger partial charge in [0.1, 0.15) is 5.82 Å². The number of nitrogens with one attached hydrogen (secondary N) is 1. The van der Waals surface area contributed by atoms with Crippen LogP contribution in [0.4, 0.5) is 4.39 Å². The van der Waals surface area contributed by atoms with Crippen molar-refractivity contribution in [1.82, 2.24) is 10.2 Å². The van der Waals surface area contributed by atoms with Crippen molar-refractivity contribution in [3.63, 3.8) is 0 Å². The largest absolute Gasteiger partial charge is 0.313 e. The molecule has 1 aliphatic rings. The third-order valence-electron chi connectivity index (χ3n) is 3.96. The van der Waals surface area contributed by atoms with E-state index < -0.39 is 0 Å². The summed E-state index contributed by atoms with van der Waals surface area (Å²) in [5.41, 5.74) is 0.904. The number of hydrogen-bond donors (Lipinski definition) is 1. The van der Waals surface area contributed by atoms with Gasteiger partial charge in [0.25, 0.3) is 0 Å². The predicted octanol–water partition coefficient (Wildman–Crippen LogP) is 3.69. The Kier molecular flexibility index (Phi) is 6.27. The average Bonchev–Trinajstić information content (AvgIpc) is 2.39. The second-order valence-electron chi connectivity index (χ2n) is 5.83. The van der Waals surface area contributed by atoms with Crippen molar-refractivity contribution in [2.75, 3.05) is 26.2 Å². The molecule has 0 aliphatic carbocycles. The van der Waals surface area contributed by atoms with Crippen LogP contribution < -0.4 is 5.32 Å². The molecule has 1 aromatic rings. The molecular formula is C16H24ClFN2. The van der Waals surface area contributed by atoms with Gasteiger partial charge in [0, 0.05) is 11.6 Å². The van der Waals surface area contributed by atoms with Gasteiger partial charge in [-0.3, -0.25) is 0 Å². The molecule has 0 atom stereocenters. The zero-order valence-electron chi connectivity index (χ0n) is 12.2. The molecule has 0 amide bonds. The van der Waals surface area contributed by atoms with E-state index in [-0.39, 0.29) is 5.82 Å². The van der Waals surface area contributed by atoms with E-state index in [1.165, 1.54) is 38.1 Å². The van der Waals surface area contributed by atoms with E-state index in [2.05, 4.69) is 17.1 Å². The van der Waals surface area contributed by atoms with Crippen LogP contribution in [0, 0.1) is 11.7 Å². The first-order valence-electron chi connectivity index (χ1n) is 7.51. The maximum absolute atomic E-state index is 13.2. The molecule has 20 heavy (non-hydrogen) atoms. The van der Waals surface area contributed by atoms with Gasteiger partial charge in [-0.2, -0.15) is 0 Å². The van der Waals surface area contributed by atoms with Gasteiger partial charge in [-0.15, -0.1) is 0 Å². The highest BCUT2D eigenvalue weighted by atomic mass is 35.5. The highest BCUT2D eigenvalue weighted by Gasteiger charge is 2.14. The van der Waals surface area contributed by atoms with Crippen LogP contribution in [-0.2, 0) is 6.54 Å². The summed E-state index contributed by atoms with van der Waals surface area (Å²) < 4.78 is 13.2. The van der Waals surface area contributed by atoms with E-state index in [0.717, 1.165) is 31.0 Å². The number of likely N-dealkylation sites (tertiary alicyclic amines) is 1. The van der Waals surface area contributed by atoms with E-state index >= 15 is 0 Å². The Morgan fingerprint density at radius 3 is 2.75 bits per heavy atom. The lowest BCUT2D eigenvalue weighted by atomic mass is 9.99. The summed E-state index contributed by atoms with van der Waals surface area (Å²) in [5, 5.41) is 3.81. The number of rotatable bonds is 6. The minimum atomic E-state index is -0.267. The van der Waals surface area contributed by atoms with Gasteiger partial charge in [0.05, 0.1) is 0 Å². The number of nitrogens with zero attached hydrogens (tertiary/aromatic N) is 1. The van der Waals surface area contributed by atoms with E-state index in [4.69, 9.17) is 11.6 Å². The predicted molar refractivity (Wildman–Crippen MR) is 82.6 cm³/mol. The molecular weight excluding hydrogens is 275 g/mol. The van der Waals surface area contributed by atoms with Crippen molar-refractivity contribution < 1.29 is 4.39 Å². The minimum Gasteiger partial charge on any atom is -0.313 e. The average molecular weight is 299 g/mol. The number of benzene rings is 1. The Bertz CT molecular complexity index is 397. The van der Waals surface area contributed by atoms with Gasteiger partial charge < -0.3 is 10.2 Å². The maximum atomic E-state index is 13.2. The van der Waals surface area contributed by atoms with Crippen molar-refractivity contribution in [2.24, 2.45) is 5.92 Å². The van der Waals surface area contributed by atoms with Gasteiger partial charge >= 0.3 is 0 Å².